The molecule has 2 aromatic rings. The Bertz CT molecular complexity index is 590. The molecule has 20 heavy (non-hydrogen) atoms. The predicted octanol–water partition coefficient (Wildman–Crippen LogP) is 0.476. The summed E-state index contributed by atoms with van der Waals surface area (Å²) in [7, 11) is 2.86. The quantitative estimate of drug-likeness (QED) is 0.715. The number of rotatable bonds is 6. The molecule has 2 rings (SSSR count). The van der Waals surface area contributed by atoms with E-state index in [0.29, 0.717) is 12.2 Å². The van der Waals surface area contributed by atoms with Gasteiger partial charge in [0, 0.05) is 25.4 Å². The molecule has 0 aliphatic rings. The minimum Gasteiger partial charge on any atom is -0.464 e. The molecule has 0 saturated heterocycles. The van der Waals surface area contributed by atoms with Gasteiger partial charge in [0.2, 0.25) is 0 Å². The fourth-order valence-electron chi connectivity index (χ4n) is 1.83. The van der Waals surface area contributed by atoms with Crippen LogP contribution in [0.15, 0.2) is 12.4 Å². The van der Waals surface area contributed by atoms with Crippen molar-refractivity contribution in [3.63, 3.8) is 0 Å². The van der Waals surface area contributed by atoms with Crippen LogP contribution in [0.4, 0.5) is 0 Å². The number of hydrogen-bond acceptors (Lipinski definition) is 6. The Balaban J connectivity index is 2.26. The summed E-state index contributed by atoms with van der Waals surface area (Å²) < 4.78 is 13.2. The van der Waals surface area contributed by atoms with Crippen LogP contribution in [0.3, 0.4) is 0 Å². The van der Waals surface area contributed by atoms with Gasteiger partial charge in [-0.1, -0.05) is 5.21 Å². The van der Waals surface area contributed by atoms with Crippen LogP contribution in [-0.2, 0) is 29.2 Å². The van der Waals surface area contributed by atoms with Crippen molar-refractivity contribution in [2.24, 2.45) is 0 Å². The molecule has 0 atom stereocenters. The topological polar surface area (TPSA) is 84.1 Å². The summed E-state index contributed by atoms with van der Waals surface area (Å²) in [5.74, 6) is -0.521. The van der Waals surface area contributed by atoms with Crippen LogP contribution in [-0.4, -0.2) is 45.0 Å². The Morgan fingerprint density at radius 3 is 2.80 bits per heavy atom. The van der Waals surface area contributed by atoms with Gasteiger partial charge in [0.25, 0.3) is 0 Å². The molecule has 0 bridgehead atoms. The second-order valence-corrected chi connectivity index (χ2v) is 4.17. The lowest BCUT2D eigenvalue weighted by Crippen LogP contribution is -2.11. The zero-order chi connectivity index (χ0) is 14.5. The van der Waals surface area contributed by atoms with E-state index in [1.54, 1.807) is 18.0 Å². The van der Waals surface area contributed by atoms with Gasteiger partial charge in [0.15, 0.2) is 5.69 Å². The van der Waals surface area contributed by atoms with E-state index in [1.807, 2.05) is 17.8 Å². The number of hydrogen-bond donors (Lipinski definition) is 0. The Kier molecular flexibility index (Phi) is 4.46. The molecule has 0 saturated carbocycles. The van der Waals surface area contributed by atoms with Crippen molar-refractivity contribution in [3.05, 3.63) is 29.3 Å². The number of ether oxygens (including phenoxy) is 2. The number of aromatic nitrogens is 5. The fourth-order valence-corrected chi connectivity index (χ4v) is 1.83. The summed E-state index contributed by atoms with van der Waals surface area (Å²) in [6.45, 7) is 3.52. The molecule has 2 heterocycles. The summed E-state index contributed by atoms with van der Waals surface area (Å²) >= 11 is 0. The summed E-state index contributed by atoms with van der Waals surface area (Å²) in [6, 6.07) is 0. The standard InChI is InChI=1S/C12H17N5O3/c1-4-16-6-9(5-13-16)7-17-10(8-19-2)11(14-15-17)12(18)20-3/h5-6H,4,7-8H2,1-3H3. The molecular weight excluding hydrogens is 262 g/mol. The minimum absolute atomic E-state index is 0.178. The molecule has 0 spiro atoms. The second-order valence-electron chi connectivity index (χ2n) is 4.17. The van der Waals surface area contributed by atoms with Crippen molar-refractivity contribution in [3.8, 4) is 0 Å². The van der Waals surface area contributed by atoms with Gasteiger partial charge in [-0.15, -0.1) is 5.10 Å². The maximum Gasteiger partial charge on any atom is 0.360 e. The van der Waals surface area contributed by atoms with Crippen LogP contribution in [0, 0.1) is 0 Å². The zero-order valence-corrected chi connectivity index (χ0v) is 11.7. The molecule has 0 amide bonds. The van der Waals surface area contributed by atoms with E-state index < -0.39 is 5.97 Å². The normalized spacial score (nSPS) is 10.8. The van der Waals surface area contributed by atoms with Crippen molar-refractivity contribution < 1.29 is 14.3 Å². The maximum atomic E-state index is 11.6. The molecule has 0 aliphatic heterocycles. The lowest BCUT2D eigenvalue weighted by Gasteiger charge is -2.05. The fraction of sp³-hybridized carbons (Fsp3) is 0.500. The highest BCUT2D eigenvalue weighted by atomic mass is 16.5. The van der Waals surface area contributed by atoms with E-state index in [9.17, 15) is 4.79 Å². The largest absolute Gasteiger partial charge is 0.464 e. The van der Waals surface area contributed by atoms with Gasteiger partial charge >= 0.3 is 5.97 Å². The number of aryl methyl sites for hydroxylation is 1. The van der Waals surface area contributed by atoms with E-state index in [1.165, 1.54) is 7.11 Å². The third-order valence-corrected chi connectivity index (χ3v) is 2.84. The molecule has 0 fully saturated rings. The second kappa shape index (κ2) is 6.29. The highest BCUT2D eigenvalue weighted by Gasteiger charge is 2.20. The Morgan fingerprint density at radius 2 is 2.20 bits per heavy atom. The summed E-state index contributed by atoms with van der Waals surface area (Å²) in [6.07, 6.45) is 3.69. The van der Waals surface area contributed by atoms with Crippen LogP contribution in [0.25, 0.3) is 0 Å². The van der Waals surface area contributed by atoms with E-state index >= 15 is 0 Å². The minimum atomic E-state index is -0.521. The molecular formula is C12H17N5O3. The van der Waals surface area contributed by atoms with Crippen LogP contribution in [0.2, 0.25) is 0 Å². The van der Waals surface area contributed by atoms with E-state index in [2.05, 4.69) is 20.1 Å². The monoisotopic (exact) mass is 279 g/mol. The van der Waals surface area contributed by atoms with Crippen molar-refractivity contribution in [2.75, 3.05) is 14.2 Å². The molecule has 0 radical (unpaired) electrons. The van der Waals surface area contributed by atoms with Crippen LogP contribution < -0.4 is 0 Å². The summed E-state index contributed by atoms with van der Waals surface area (Å²) in [4.78, 5) is 11.6. The first-order chi connectivity index (χ1) is 9.69. The molecule has 8 nitrogen and oxygen atoms in total. The average molecular weight is 279 g/mol. The molecule has 0 aliphatic carbocycles. The Morgan fingerprint density at radius 1 is 1.40 bits per heavy atom. The highest BCUT2D eigenvalue weighted by molar-refractivity contribution is 5.88. The van der Waals surface area contributed by atoms with E-state index in [0.717, 1.165) is 12.1 Å². The smallest absolute Gasteiger partial charge is 0.360 e. The predicted molar refractivity (Wildman–Crippen MR) is 69.1 cm³/mol. The Hall–Kier alpha value is -2.22. The zero-order valence-electron chi connectivity index (χ0n) is 11.7. The van der Waals surface area contributed by atoms with Crippen molar-refractivity contribution in [1.29, 1.82) is 0 Å². The van der Waals surface area contributed by atoms with Gasteiger partial charge in [-0.05, 0) is 6.92 Å². The first-order valence-electron chi connectivity index (χ1n) is 6.20. The van der Waals surface area contributed by atoms with E-state index in [4.69, 9.17) is 4.74 Å². The lowest BCUT2D eigenvalue weighted by molar-refractivity contribution is 0.0588. The van der Waals surface area contributed by atoms with Crippen LogP contribution >= 0.6 is 0 Å². The lowest BCUT2D eigenvalue weighted by atomic mass is 10.3. The molecule has 0 unspecified atom stereocenters. The molecule has 0 N–H and O–H groups in total. The van der Waals surface area contributed by atoms with Gasteiger partial charge in [-0.3, -0.25) is 4.68 Å². The van der Waals surface area contributed by atoms with Crippen LogP contribution in [0.5, 0.6) is 0 Å². The molecule has 0 aromatic carbocycles. The Labute approximate surface area is 116 Å². The number of carbonyl (C=O) groups excluding carboxylic acids is 1. The van der Waals surface area contributed by atoms with Gasteiger partial charge in [-0.2, -0.15) is 5.10 Å². The summed E-state index contributed by atoms with van der Waals surface area (Å²) in [5, 5.41) is 12.0. The number of carbonyl (C=O) groups is 1. The van der Waals surface area contributed by atoms with Gasteiger partial charge in [-0.25, -0.2) is 9.48 Å². The number of esters is 1. The van der Waals surface area contributed by atoms with Crippen molar-refractivity contribution in [1.82, 2.24) is 24.8 Å². The SMILES string of the molecule is CCn1cc(Cn2nnc(C(=O)OC)c2COC)cn1. The molecule has 8 heteroatoms. The molecule has 108 valence electrons. The highest BCUT2D eigenvalue weighted by Crippen LogP contribution is 2.11. The number of methoxy groups -OCH3 is 2. The third-order valence-electron chi connectivity index (χ3n) is 2.84. The summed E-state index contributed by atoms with van der Waals surface area (Å²) in [5.41, 5.74) is 1.74. The van der Waals surface area contributed by atoms with Gasteiger partial charge < -0.3 is 9.47 Å². The molecule has 2 aromatic heterocycles. The average Bonchev–Trinajstić information content (AvgIpc) is 3.07. The first-order valence-corrected chi connectivity index (χ1v) is 6.20. The first kappa shape index (κ1) is 14.2. The van der Waals surface area contributed by atoms with E-state index in [-0.39, 0.29) is 12.3 Å². The van der Waals surface area contributed by atoms with Gasteiger partial charge in [0.05, 0.1) is 32.2 Å². The third kappa shape index (κ3) is 2.85. The van der Waals surface area contributed by atoms with Crippen molar-refractivity contribution >= 4 is 5.97 Å². The van der Waals surface area contributed by atoms with Crippen LogP contribution in [0.1, 0.15) is 28.7 Å². The maximum absolute atomic E-state index is 11.6. The van der Waals surface area contributed by atoms with Crippen molar-refractivity contribution in [2.45, 2.75) is 26.6 Å². The number of nitrogens with zero attached hydrogens (tertiary/aromatic N) is 5. The van der Waals surface area contributed by atoms with Gasteiger partial charge in [0.1, 0.15) is 0 Å².